The van der Waals surface area contributed by atoms with Gasteiger partial charge in [0.1, 0.15) is 0 Å². The Morgan fingerprint density at radius 2 is 2.00 bits per heavy atom. The third kappa shape index (κ3) is 2.91. The Morgan fingerprint density at radius 1 is 1.31 bits per heavy atom. The minimum Gasteiger partial charge on any atom is -0.313 e. The van der Waals surface area contributed by atoms with Gasteiger partial charge in [0.05, 0.1) is 0 Å². The number of nitrogens with one attached hydrogen (secondary N) is 1. The Labute approximate surface area is 107 Å². The van der Waals surface area contributed by atoms with E-state index in [0.29, 0.717) is 5.02 Å². The molecule has 0 bridgehead atoms. The van der Waals surface area contributed by atoms with Gasteiger partial charge in [-0.25, -0.2) is 0 Å². The molecule has 0 aliphatic heterocycles. The highest BCUT2D eigenvalue weighted by atomic mass is 35.5. The second-order valence-electron chi connectivity index (χ2n) is 5.16. The van der Waals surface area contributed by atoms with Gasteiger partial charge in [-0.3, -0.25) is 0 Å². The molecule has 0 saturated heterocycles. The Kier molecular flexibility index (Phi) is 3.48. The Balaban J connectivity index is 2.12. The molecule has 0 aromatic heterocycles. The monoisotopic (exact) mass is 257 g/mol. The Morgan fingerprint density at radius 3 is 2.56 bits per heavy atom. The minimum atomic E-state index is 0.0459. The van der Waals surface area contributed by atoms with Crippen molar-refractivity contribution in [2.24, 2.45) is 0 Å². The SMILES string of the molecule is CC(C)(CNC1CC1)c1ccc(Cl)cc1Cl. The van der Waals surface area contributed by atoms with E-state index in [2.05, 4.69) is 19.2 Å². The summed E-state index contributed by atoms with van der Waals surface area (Å²) in [6.45, 7) is 5.37. The quantitative estimate of drug-likeness (QED) is 0.859. The lowest BCUT2D eigenvalue weighted by Crippen LogP contribution is -2.34. The van der Waals surface area contributed by atoms with Crippen LogP contribution < -0.4 is 5.32 Å². The Hall–Kier alpha value is -0.240. The molecule has 1 saturated carbocycles. The number of benzene rings is 1. The first-order chi connectivity index (χ1) is 7.49. The molecular formula is C13H17Cl2N. The molecule has 0 spiro atoms. The van der Waals surface area contributed by atoms with Gasteiger partial charge in [-0.2, -0.15) is 0 Å². The van der Waals surface area contributed by atoms with E-state index in [-0.39, 0.29) is 5.41 Å². The predicted octanol–water partition coefficient (Wildman–Crippen LogP) is 4.02. The smallest absolute Gasteiger partial charge is 0.0458 e. The molecule has 16 heavy (non-hydrogen) atoms. The van der Waals surface area contributed by atoms with Crippen molar-refractivity contribution < 1.29 is 0 Å². The van der Waals surface area contributed by atoms with E-state index in [1.807, 2.05) is 18.2 Å². The summed E-state index contributed by atoms with van der Waals surface area (Å²) >= 11 is 12.1. The zero-order valence-electron chi connectivity index (χ0n) is 9.69. The molecule has 1 aromatic carbocycles. The van der Waals surface area contributed by atoms with Crippen LogP contribution in [0, 0.1) is 0 Å². The highest BCUT2D eigenvalue weighted by molar-refractivity contribution is 6.35. The summed E-state index contributed by atoms with van der Waals surface area (Å²) in [5, 5.41) is 5.00. The lowest BCUT2D eigenvalue weighted by atomic mass is 9.84. The van der Waals surface area contributed by atoms with Gasteiger partial charge in [-0.1, -0.05) is 43.1 Å². The molecule has 0 amide bonds. The molecule has 1 N–H and O–H groups in total. The molecule has 1 fully saturated rings. The van der Waals surface area contributed by atoms with E-state index in [9.17, 15) is 0 Å². The Bertz CT molecular complexity index is 384. The van der Waals surface area contributed by atoms with Crippen LogP contribution in [0.3, 0.4) is 0 Å². The maximum atomic E-state index is 6.23. The molecule has 0 atom stereocenters. The van der Waals surface area contributed by atoms with Crippen LogP contribution in [0.25, 0.3) is 0 Å². The van der Waals surface area contributed by atoms with E-state index < -0.39 is 0 Å². The molecule has 1 aromatic rings. The number of hydrogen-bond acceptors (Lipinski definition) is 1. The van der Waals surface area contributed by atoms with Gasteiger partial charge in [-0.05, 0) is 30.5 Å². The van der Waals surface area contributed by atoms with Crippen LogP contribution in [-0.4, -0.2) is 12.6 Å². The highest BCUT2D eigenvalue weighted by Crippen LogP contribution is 2.32. The summed E-state index contributed by atoms with van der Waals surface area (Å²) in [4.78, 5) is 0. The van der Waals surface area contributed by atoms with Gasteiger partial charge in [0, 0.05) is 28.0 Å². The van der Waals surface area contributed by atoms with Crippen molar-refractivity contribution in [1.82, 2.24) is 5.32 Å². The summed E-state index contributed by atoms with van der Waals surface area (Å²) in [6, 6.07) is 6.48. The predicted molar refractivity (Wildman–Crippen MR) is 70.5 cm³/mol. The fraction of sp³-hybridized carbons (Fsp3) is 0.538. The van der Waals surface area contributed by atoms with Crippen molar-refractivity contribution in [2.45, 2.75) is 38.1 Å². The van der Waals surface area contributed by atoms with E-state index in [1.165, 1.54) is 12.8 Å². The highest BCUT2D eigenvalue weighted by Gasteiger charge is 2.27. The molecule has 3 heteroatoms. The molecular weight excluding hydrogens is 241 g/mol. The third-order valence-corrected chi connectivity index (χ3v) is 3.62. The van der Waals surface area contributed by atoms with Gasteiger partial charge in [0.2, 0.25) is 0 Å². The van der Waals surface area contributed by atoms with Crippen LogP contribution in [0.5, 0.6) is 0 Å². The molecule has 2 rings (SSSR count). The summed E-state index contributed by atoms with van der Waals surface area (Å²) < 4.78 is 0. The fourth-order valence-electron chi connectivity index (χ4n) is 1.82. The van der Waals surface area contributed by atoms with Crippen molar-refractivity contribution in [3.63, 3.8) is 0 Å². The summed E-state index contributed by atoms with van der Waals surface area (Å²) in [5.41, 5.74) is 1.20. The molecule has 1 nitrogen and oxygen atoms in total. The van der Waals surface area contributed by atoms with Crippen molar-refractivity contribution in [2.75, 3.05) is 6.54 Å². The first-order valence-corrected chi connectivity index (χ1v) is 6.43. The van der Waals surface area contributed by atoms with Gasteiger partial charge in [0.25, 0.3) is 0 Å². The largest absolute Gasteiger partial charge is 0.313 e. The zero-order chi connectivity index (χ0) is 11.8. The van der Waals surface area contributed by atoms with E-state index in [0.717, 1.165) is 23.2 Å². The van der Waals surface area contributed by atoms with Crippen LogP contribution >= 0.6 is 23.2 Å². The van der Waals surface area contributed by atoms with Crippen LogP contribution in [0.2, 0.25) is 10.0 Å². The second kappa shape index (κ2) is 4.56. The summed E-state index contributed by atoms with van der Waals surface area (Å²) in [6.07, 6.45) is 2.62. The molecule has 0 radical (unpaired) electrons. The lowest BCUT2D eigenvalue weighted by molar-refractivity contribution is 0.468. The number of hydrogen-bond donors (Lipinski definition) is 1. The standard InChI is InChI=1S/C13H17Cl2N/c1-13(2,8-16-10-4-5-10)11-6-3-9(14)7-12(11)15/h3,6-7,10,16H,4-5,8H2,1-2H3. The first-order valence-electron chi connectivity index (χ1n) is 5.68. The topological polar surface area (TPSA) is 12.0 Å². The maximum absolute atomic E-state index is 6.23. The average molecular weight is 258 g/mol. The average Bonchev–Trinajstić information content (AvgIpc) is 2.97. The van der Waals surface area contributed by atoms with Crippen molar-refractivity contribution in [1.29, 1.82) is 0 Å². The molecule has 1 aliphatic rings. The maximum Gasteiger partial charge on any atom is 0.0458 e. The first kappa shape index (κ1) is 12.2. The van der Waals surface area contributed by atoms with Crippen LogP contribution in [0.1, 0.15) is 32.3 Å². The normalized spacial score (nSPS) is 16.5. The molecule has 0 unspecified atom stereocenters. The van der Waals surface area contributed by atoms with E-state index >= 15 is 0 Å². The van der Waals surface area contributed by atoms with Crippen LogP contribution in [0.15, 0.2) is 18.2 Å². The summed E-state index contributed by atoms with van der Waals surface area (Å²) in [7, 11) is 0. The van der Waals surface area contributed by atoms with Gasteiger partial charge >= 0.3 is 0 Å². The van der Waals surface area contributed by atoms with Crippen molar-refractivity contribution in [3.05, 3.63) is 33.8 Å². The van der Waals surface area contributed by atoms with Crippen molar-refractivity contribution in [3.8, 4) is 0 Å². The molecule has 1 aliphatic carbocycles. The lowest BCUT2D eigenvalue weighted by Gasteiger charge is -2.27. The molecule has 0 heterocycles. The van der Waals surface area contributed by atoms with E-state index in [1.54, 1.807) is 0 Å². The fourth-order valence-corrected chi connectivity index (χ4v) is 2.48. The van der Waals surface area contributed by atoms with Crippen molar-refractivity contribution >= 4 is 23.2 Å². The minimum absolute atomic E-state index is 0.0459. The zero-order valence-corrected chi connectivity index (χ0v) is 11.2. The molecule has 88 valence electrons. The van der Waals surface area contributed by atoms with E-state index in [4.69, 9.17) is 23.2 Å². The van der Waals surface area contributed by atoms with Crippen LogP contribution in [-0.2, 0) is 5.41 Å². The van der Waals surface area contributed by atoms with Gasteiger partial charge in [0.15, 0.2) is 0 Å². The number of rotatable bonds is 4. The second-order valence-corrected chi connectivity index (χ2v) is 6.01. The van der Waals surface area contributed by atoms with Crippen LogP contribution in [0.4, 0.5) is 0 Å². The third-order valence-electron chi connectivity index (χ3n) is 3.07. The van der Waals surface area contributed by atoms with Gasteiger partial charge in [-0.15, -0.1) is 0 Å². The van der Waals surface area contributed by atoms with Gasteiger partial charge < -0.3 is 5.32 Å². The number of halogens is 2. The summed E-state index contributed by atoms with van der Waals surface area (Å²) in [5.74, 6) is 0.